The summed E-state index contributed by atoms with van der Waals surface area (Å²) >= 11 is 0. The summed E-state index contributed by atoms with van der Waals surface area (Å²) < 4.78 is 40.6. The minimum absolute atomic E-state index is 0.150. The van der Waals surface area contributed by atoms with E-state index < -0.39 is 23.6 Å². The Morgan fingerprint density at radius 2 is 1.85 bits per heavy atom. The maximum absolute atomic E-state index is 12.2. The van der Waals surface area contributed by atoms with Crippen LogP contribution in [0.15, 0.2) is 42.5 Å². The highest BCUT2D eigenvalue weighted by atomic mass is 19.4. The Hall–Kier alpha value is -2.94. The average Bonchev–Trinajstić information content (AvgIpc) is 2.56. The highest BCUT2D eigenvalue weighted by Gasteiger charge is 2.27. The molecule has 2 aromatic carbocycles. The van der Waals surface area contributed by atoms with Gasteiger partial charge in [-0.15, -0.1) is 0 Å². The number of carbonyl (C=O) groups is 1. The first-order valence-corrected chi connectivity index (χ1v) is 7.45. The van der Waals surface area contributed by atoms with Crippen LogP contribution < -0.4 is 5.32 Å². The van der Waals surface area contributed by atoms with Crippen molar-refractivity contribution >= 4 is 17.3 Å². The number of alkyl halides is 3. The first-order valence-electron chi connectivity index (χ1n) is 7.45. The number of ether oxygens (including phenoxy) is 1. The number of aryl methyl sites for hydroxylation is 1. The van der Waals surface area contributed by atoms with Crippen molar-refractivity contribution in [2.45, 2.75) is 19.7 Å². The lowest BCUT2D eigenvalue weighted by molar-refractivity contribution is -0.384. The van der Waals surface area contributed by atoms with Crippen molar-refractivity contribution in [3.05, 3.63) is 69.3 Å². The van der Waals surface area contributed by atoms with Crippen molar-refractivity contribution in [1.29, 1.82) is 0 Å². The van der Waals surface area contributed by atoms with E-state index in [-0.39, 0.29) is 17.9 Å². The molecular formula is C17H15F3N2O4. The van der Waals surface area contributed by atoms with Crippen molar-refractivity contribution in [1.82, 2.24) is 0 Å². The van der Waals surface area contributed by atoms with E-state index in [4.69, 9.17) is 0 Å². The number of halogens is 3. The molecule has 0 spiro atoms. The van der Waals surface area contributed by atoms with Crippen LogP contribution in [0.3, 0.4) is 0 Å². The van der Waals surface area contributed by atoms with Crippen molar-refractivity contribution < 1.29 is 27.6 Å². The van der Waals surface area contributed by atoms with Crippen LogP contribution in [0.25, 0.3) is 0 Å². The van der Waals surface area contributed by atoms with E-state index in [1.54, 1.807) is 6.92 Å². The summed E-state index contributed by atoms with van der Waals surface area (Å²) in [5.74, 6) is -0.489. The van der Waals surface area contributed by atoms with Gasteiger partial charge in [0.1, 0.15) is 6.61 Å². The Morgan fingerprint density at radius 1 is 1.19 bits per heavy atom. The first-order chi connectivity index (χ1) is 12.2. The molecule has 0 heterocycles. The Bertz CT molecular complexity index is 805. The lowest BCUT2D eigenvalue weighted by Gasteiger charge is -2.10. The Balaban J connectivity index is 2.02. The number of benzene rings is 2. The third-order valence-electron chi connectivity index (χ3n) is 3.43. The molecule has 1 amide bonds. The van der Waals surface area contributed by atoms with Crippen molar-refractivity contribution in [3.8, 4) is 0 Å². The molecular weight excluding hydrogens is 353 g/mol. The van der Waals surface area contributed by atoms with Crippen LogP contribution in [0, 0.1) is 17.0 Å². The van der Waals surface area contributed by atoms with Gasteiger partial charge in [-0.2, -0.15) is 13.2 Å². The van der Waals surface area contributed by atoms with E-state index in [2.05, 4.69) is 10.1 Å². The summed E-state index contributed by atoms with van der Waals surface area (Å²) in [5, 5.41) is 13.4. The van der Waals surface area contributed by atoms with E-state index in [1.165, 1.54) is 42.5 Å². The minimum atomic E-state index is -4.39. The third-order valence-corrected chi connectivity index (χ3v) is 3.43. The molecule has 0 radical (unpaired) electrons. The van der Waals surface area contributed by atoms with Gasteiger partial charge in [-0.3, -0.25) is 14.9 Å². The third kappa shape index (κ3) is 5.55. The van der Waals surface area contributed by atoms with Crippen LogP contribution in [-0.4, -0.2) is 23.6 Å². The average molecular weight is 368 g/mol. The molecule has 0 aliphatic heterocycles. The topological polar surface area (TPSA) is 81.5 Å². The van der Waals surface area contributed by atoms with Gasteiger partial charge >= 0.3 is 6.18 Å². The number of carbonyl (C=O) groups excluding carboxylic acids is 1. The van der Waals surface area contributed by atoms with Crippen LogP contribution in [0.4, 0.5) is 24.5 Å². The first kappa shape index (κ1) is 19.4. The number of nitrogens with zero attached hydrogens (tertiary/aromatic N) is 1. The predicted octanol–water partition coefficient (Wildman–Crippen LogP) is 4.23. The zero-order chi connectivity index (χ0) is 19.3. The highest BCUT2D eigenvalue weighted by molar-refractivity contribution is 6.04. The molecule has 0 bridgehead atoms. The second-order valence-corrected chi connectivity index (χ2v) is 5.52. The molecule has 0 fully saturated rings. The van der Waals surface area contributed by atoms with Gasteiger partial charge in [0, 0.05) is 17.7 Å². The molecule has 1 N–H and O–H groups in total. The number of anilines is 1. The maximum Gasteiger partial charge on any atom is 0.411 e. The van der Waals surface area contributed by atoms with Crippen LogP contribution in [0.1, 0.15) is 21.5 Å². The molecule has 2 rings (SSSR count). The molecule has 0 atom stereocenters. The molecule has 0 saturated heterocycles. The van der Waals surface area contributed by atoms with Crippen molar-refractivity contribution in [3.63, 3.8) is 0 Å². The highest BCUT2D eigenvalue weighted by Crippen LogP contribution is 2.22. The lowest BCUT2D eigenvalue weighted by atomic mass is 10.1. The molecule has 9 heteroatoms. The summed E-state index contributed by atoms with van der Waals surface area (Å²) in [5.41, 5.74) is 1.55. The Labute approximate surface area is 146 Å². The van der Waals surface area contributed by atoms with Crippen molar-refractivity contribution in [2.75, 3.05) is 11.9 Å². The van der Waals surface area contributed by atoms with Crippen LogP contribution in [0.5, 0.6) is 0 Å². The number of non-ortho nitro benzene ring substituents is 1. The quantitative estimate of drug-likeness (QED) is 0.611. The molecule has 26 heavy (non-hydrogen) atoms. The summed E-state index contributed by atoms with van der Waals surface area (Å²) in [6.07, 6.45) is -4.39. The minimum Gasteiger partial charge on any atom is -0.367 e. The van der Waals surface area contributed by atoms with E-state index in [0.717, 1.165) is 0 Å². The van der Waals surface area contributed by atoms with Gasteiger partial charge in [0.15, 0.2) is 0 Å². The van der Waals surface area contributed by atoms with Gasteiger partial charge in [-0.25, -0.2) is 0 Å². The summed E-state index contributed by atoms with van der Waals surface area (Å²) in [7, 11) is 0. The molecule has 0 saturated carbocycles. The number of hydrogen-bond acceptors (Lipinski definition) is 4. The number of amides is 1. The van der Waals surface area contributed by atoms with E-state index in [1.807, 2.05) is 0 Å². The number of rotatable bonds is 6. The van der Waals surface area contributed by atoms with E-state index in [9.17, 15) is 28.1 Å². The van der Waals surface area contributed by atoms with Gasteiger partial charge < -0.3 is 10.1 Å². The zero-order valence-electron chi connectivity index (χ0n) is 13.7. The van der Waals surface area contributed by atoms with Crippen LogP contribution in [0.2, 0.25) is 0 Å². The fourth-order valence-corrected chi connectivity index (χ4v) is 2.09. The Kier molecular flexibility index (Phi) is 5.93. The summed E-state index contributed by atoms with van der Waals surface area (Å²) in [6.45, 7) is 0.118. The summed E-state index contributed by atoms with van der Waals surface area (Å²) in [6, 6.07) is 9.95. The predicted molar refractivity (Wildman–Crippen MR) is 87.9 cm³/mol. The van der Waals surface area contributed by atoms with Crippen LogP contribution in [-0.2, 0) is 11.3 Å². The fourth-order valence-electron chi connectivity index (χ4n) is 2.09. The second-order valence-electron chi connectivity index (χ2n) is 5.52. The molecule has 0 aliphatic carbocycles. The van der Waals surface area contributed by atoms with E-state index in [0.29, 0.717) is 16.8 Å². The monoisotopic (exact) mass is 368 g/mol. The van der Waals surface area contributed by atoms with E-state index >= 15 is 0 Å². The smallest absolute Gasteiger partial charge is 0.367 e. The Morgan fingerprint density at radius 3 is 2.42 bits per heavy atom. The molecule has 138 valence electrons. The van der Waals surface area contributed by atoms with Gasteiger partial charge in [0.05, 0.1) is 17.2 Å². The van der Waals surface area contributed by atoms with Gasteiger partial charge in [0.2, 0.25) is 0 Å². The largest absolute Gasteiger partial charge is 0.411 e. The molecule has 0 unspecified atom stereocenters. The number of nitro benzene ring substituents is 1. The number of hydrogen-bond donors (Lipinski definition) is 1. The molecule has 2 aromatic rings. The fraction of sp³-hybridized carbons (Fsp3) is 0.235. The SMILES string of the molecule is Cc1ccc([N+](=O)[O-])cc1NC(=O)c1ccc(COCC(F)(F)F)cc1. The van der Waals surface area contributed by atoms with Gasteiger partial charge in [-0.1, -0.05) is 18.2 Å². The zero-order valence-corrected chi connectivity index (χ0v) is 13.7. The molecule has 6 nitrogen and oxygen atoms in total. The molecule has 0 aliphatic rings. The molecule has 0 aromatic heterocycles. The summed E-state index contributed by atoms with van der Waals surface area (Å²) in [4.78, 5) is 22.5. The van der Waals surface area contributed by atoms with Crippen LogP contribution >= 0.6 is 0 Å². The number of nitrogens with one attached hydrogen (secondary N) is 1. The number of nitro groups is 1. The van der Waals surface area contributed by atoms with Crippen molar-refractivity contribution in [2.24, 2.45) is 0 Å². The second kappa shape index (κ2) is 7.96. The lowest BCUT2D eigenvalue weighted by Crippen LogP contribution is -2.16. The maximum atomic E-state index is 12.2. The normalized spacial score (nSPS) is 11.2. The van der Waals surface area contributed by atoms with Gasteiger partial charge in [-0.05, 0) is 30.2 Å². The van der Waals surface area contributed by atoms with Gasteiger partial charge in [0.25, 0.3) is 11.6 Å². The standard InChI is InChI=1S/C17H15F3N2O4/c1-11-2-7-14(22(24)25)8-15(11)21-16(23)13-5-3-12(4-6-13)9-26-10-17(18,19)20/h2-8H,9-10H2,1H3,(H,21,23).